The molecule has 0 spiro atoms. The Morgan fingerprint density at radius 1 is 1.10 bits per heavy atom. The number of hydrogen-bond donors (Lipinski definition) is 0. The Hall–Kier alpha value is -1.62. The second kappa shape index (κ2) is 10.3. The second-order valence-electron chi connectivity index (χ2n) is 6.86. The summed E-state index contributed by atoms with van der Waals surface area (Å²) in [5.74, 6) is 0.385. The molecule has 0 aromatic heterocycles. The summed E-state index contributed by atoms with van der Waals surface area (Å²) in [6.07, 6.45) is 1.21. The maximum Gasteiger partial charge on any atom is 1.00 e. The van der Waals surface area contributed by atoms with E-state index in [1.165, 1.54) is 36.4 Å². The van der Waals surface area contributed by atoms with Gasteiger partial charge in [0.1, 0.15) is 5.75 Å². The fraction of sp³-hybridized carbons (Fsp3) is 0.316. The Labute approximate surface area is 201 Å². The molecular weight excluding hydrogens is 436 g/mol. The topological polar surface area (TPSA) is 132 Å². The molecule has 2 aromatic rings. The standard InChI is InChI=1S/C19H19N3O6P.Na.H2O/c1-14(28-29(26,20-8-9-20)21-10-11-21)16-4-7-18(22(24)25)19(12-16)27-17-5-2-15(13-23)3-6-17;;/h2-7,12,14H,8-11H2,1H3;;1H2/q-1;+1;/p-1. The molecule has 2 fully saturated rings. The molecular formula is C19H20N3NaO7P-. The number of hydrogen-bond acceptors (Lipinski definition) is 7. The molecule has 0 saturated carbocycles. The number of nitro groups is 1. The van der Waals surface area contributed by atoms with Gasteiger partial charge in [-0.15, -0.1) is 0 Å². The predicted octanol–water partition coefficient (Wildman–Crippen LogP) is 0.489. The molecule has 4 rings (SSSR count). The van der Waals surface area contributed by atoms with Crippen molar-refractivity contribution in [3.8, 4) is 11.5 Å². The van der Waals surface area contributed by atoms with Crippen molar-refractivity contribution in [3.05, 3.63) is 63.7 Å². The first kappa shape index (κ1) is 25.6. The molecule has 12 heteroatoms. The van der Waals surface area contributed by atoms with Gasteiger partial charge in [-0.05, 0) is 24.6 Å². The van der Waals surface area contributed by atoms with Crippen LogP contribution in [0.25, 0.3) is 0 Å². The van der Waals surface area contributed by atoms with Crippen molar-refractivity contribution in [1.29, 1.82) is 0 Å². The van der Waals surface area contributed by atoms with E-state index in [0.717, 1.165) is 26.2 Å². The maximum absolute atomic E-state index is 13.2. The molecule has 2 aliphatic rings. The molecule has 0 amide bonds. The second-order valence-corrected chi connectivity index (χ2v) is 9.18. The van der Waals surface area contributed by atoms with Crippen molar-refractivity contribution in [2.45, 2.75) is 13.0 Å². The van der Waals surface area contributed by atoms with E-state index in [1.807, 2.05) is 9.34 Å². The first-order chi connectivity index (χ1) is 13.9. The molecule has 2 saturated heterocycles. The Morgan fingerprint density at radius 2 is 1.68 bits per heavy atom. The van der Waals surface area contributed by atoms with Gasteiger partial charge in [0.05, 0.1) is 17.3 Å². The Kier molecular flexibility index (Phi) is 8.54. The van der Waals surface area contributed by atoms with Crippen molar-refractivity contribution in [1.82, 2.24) is 9.34 Å². The van der Waals surface area contributed by atoms with Crippen LogP contribution in [0.1, 0.15) is 24.2 Å². The van der Waals surface area contributed by atoms with Crippen LogP contribution < -0.4 is 34.3 Å². The number of nitro benzene ring substituents is 1. The summed E-state index contributed by atoms with van der Waals surface area (Å²) < 4.78 is 28.5. The van der Waals surface area contributed by atoms with E-state index in [1.54, 1.807) is 19.3 Å². The normalized spacial score (nSPS) is 16.4. The zero-order chi connectivity index (χ0) is 20.6. The van der Waals surface area contributed by atoms with Gasteiger partial charge in [-0.1, -0.05) is 12.1 Å². The monoisotopic (exact) mass is 456 g/mol. The molecule has 1 unspecified atom stereocenters. The van der Waals surface area contributed by atoms with Gasteiger partial charge in [0.25, 0.3) is 0 Å². The average molecular weight is 456 g/mol. The summed E-state index contributed by atoms with van der Waals surface area (Å²) in [6.45, 7) is 4.72. The number of ether oxygens (including phenoxy) is 1. The summed E-state index contributed by atoms with van der Waals surface area (Å²) in [7, 11) is -3.03. The van der Waals surface area contributed by atoms with Crippen LogP contribution in [0.2, 0.25) is 0 Å². The predicted molar refractivity (Wildman–Crippen MR) is 107 cm³/mol. The van der Waals surface area contributed by atoms with Crippen LogP contribution in [0.15, 0.2) is 42.5 Å². The summed E-state index contributed by atoms with van der Waals surface area (Å²) in [5.41, 5.74) is 0.767. The Bertz CT molecular complexity index is 980. The van der Waals surface area contributed by atoms with Crippen molar-refractivity contribution < 1.29 is 58.6 Å². The minimum Gasteiger partial charge on any atom is -0.870 e. The van der Waals surface area contributed by atoms with Crippen molar-refractivity contribution in [2.75, 3.05) is 26.2 Å². The number of carbonyl (C=O) groups excluding carboxylic acids is 1. The molecule has 10 nitrogen and oxygen atoms in total. The van der Waals surface area contributed by atoms with Gasteiger partial charge in [0.15, 0.2) is 0 Å². The van der Waals surface area contributed by atoms with Gasteiger partial charge >= 0.3 is 42.9 Å². The molecule has 1 atom stereocenters. The van der Waals surface area contributed by atoms with Crippen LogP contribution >= 0.6 is 7.67 Å². The van der Waals surface area contributed by atoms with Crippen LogP contribution in [0, 0.1) is 10.1 Å². The van der Waals surface area contributed by atoms with E-state index in [9.17, 15) is 19.5 Å². The Balaban J connectivity index is 0.00000171. The maximum atomic E-state index is 13.2. The summed E-state index contributed by atoms with van der Waals surface area (Å²) in [6, 6.07) is 10.5. The van der Waals surface area contributed by atoms with E-state index >= 15 is 0 Å². The quantitative estimate of drug-likeness (QED) is 0.132. The van der Waals surface area contributed by atoms with E-state index in [-0.39, 0.29) is 46.5 Å². The molecule has 0 aliphatic carbocycles. The molecule has 1 N–H and O–H groups in total. The molecule has 2 aromatic carbocycles. The summed E-state index contributed by atoms with van der Waals surface area (Å²) >= 11 is 0. The third-order valence-corrected chi connectivity index (χ3v) is 7.53. The molecule has 2 aliphatic heterocycles. The molecule has 160 valence electrons. The van der Waals surface area contributed by atoms with Gasteiger partial charge in [-0.3, -0.25) is 19.2 Å². The van der Waals surface area contributed by atoms with Crippen LogP contribution in [0.5, 0.6) is 11.5 Å². The molecule has 0 bridgehead atoms. The van der Waals surface area contributed by atoms with Crippen molar-refractivity contribution >= 4 is 19.6 Å². The van der Waals surface area contributed by atoms with Gasteiger partial charge in [-0.25, -0.2) is 9.34 Å². The molecule has 0 radical (unpaired) electrons. The fourth-order valence-electron chi connectivity index (χ4n) is 2.91. The zero-order valence-corrected chi connectivity index (χ0v) is 20.0. The van der Waals surface area contributed by atoms with Gasteiger partial charge in [-0.2, -0.15) is 17.7 Å². The smallest absolute Gasteiger partial charge is 0.870 e. The van der Waals surface area contributed by atoms with Gasteiger partial charge < -0.3 is 15.0 Å². The van der Waals surface area contributed by atoms with Gasteiger partial charge in [0, 0.05) is 32.2 Å². The van der Waals surface area contributed by atoms with E-state index in [0.29, 0.717) is 16.9 Å². The van der Waals surface area contributed by atoms with Crippen LogP contribution in [-0.2, 0) is 13.9 Å². The van der Waals surface area contributed by atoms with Gasteiger partial charge in [0.2, 0.25) is 5.75 Å². The minimum atomic E-state index is -3.03. The summed E-state index contributed by atoms with van der Waals surface area (Å²) in [5, 5.41) is 11.4. The first-order valence-corrected chi connectivity index (χ1v) is 10.7. The first-order valence-electron chi connectivity index (χ1n) is 9.14. The largest absolute Gasteiger partial charge is 1.00 e. The molecule has 31 heavy (non-hydrogen) atoms. The zero-order valence-electron chi connectivity index (χ0n) is 17.1. The average Bonchev–Trinajstić information content (AvgIpc) is 3.59. The van der Waals surface area contributed by atoms with Crippen LogP contribution in [0.4, 0.5) is 5.69 Å². The minimum absolute atomic E-state index is 0. The van der Waals surface area contributed by atoms with Crippen molar-refractivity contribution in [3.63, 3.8) is 0 Å². The van der Waals surface area contributed by atoms with E-state index in [4.69, 9.17) is 9.26 Å². The molecule has 2 heterocycles. The van der Waals surface area contributed by atoms with Crippen LogP contribution in [0.3, 0.4) is 0 Å². The van der Waals surface area contributed by atoms with E-state index < -0.39 is 18.7 Å². The van der Waals surface area contributed by atoms with Crippen molar-refractivity contribution in [2.24, 2.45) is 0 Å². The number of nitrogens with zero attached hydrogens (tertiary/aromatic N) is 3. The fourth-order valence-corrected chi connectivity index (χ4v) is 5.26. The third-order valence-electron chi connectivity index (χ3n) is 4.71. The summed E-state index contributed by atoms with van der Waals surface area (Å²) in [4.78, 5) is 21.5. The number of benzene rings is 2. The SMILES string of the molecule is CC(OP(=O)(N1CC1)N1CC1)c1ccc([N+](=O)[O-])c(Oc2ccc([C-]=O)cc2)c1.[Na+].[OH-]. The van der Waals surface area contributed by atoms with Crippen LogP contribution in [-0.4, -0.2) is 52.2 Å². The third kappa shape index (κ3) is 5.79. The van der Waals surface area contributed by atoms with E-state index in [2.05, 4.69) is 0 Å². The Morgan fingerprint density at radius 3 is 2.16 bits per heavy atom. The number of rotatable bonds is 9.